The molecule has 0 atom stereocenters. The molecule has 3 radical (unpaired) electrons. The number of pyridine rings is 3. The maximum absolute atomic E-state index is 3.75. The van der Waals surface area contributed by atoms with Crippen molar-refractivity contribution in [2.24, 2.45) is 21.1 Å². The van der Waals surface area contributed by atoms with Gasteiger partial charge in [-0.2, -0.15) is 95.1 Å². The number of hydrogen-bond acceptors (Lipinski definition) is 0. The maximum Gasteiger partial charge on any atom is 0.161 e. The Balaban J connectivity index is 0.000000332. The van der Waals surface area contributed by atoms with Gasteiger partial charge in [0, 0.05) is 116 Å². The number of fused-ring (bicyclic) bond motifs is 18. The van der Waals surface area contributed by atoms with Gasteiger partial charge in [0.15, 0.2) is 18.6 Å². The Hall–Kier alpha value is -8.60. The van der Waals surface area contributed by atoms with E-state index in [9.17, 15) is 0 Å². The maximum atomic E-state index is 3.75. The average molecular weight is 1760 g/mol. The summed E-state index contributed by atoms with van der Waals surface area (Å²) in [6.07, 6.45) is 6.24. The first-order valence-electron chi connectivity index (χ1n) is 41.8. The van der Waals surface area contributed by atoms with Crippen LogP contribution in [-0.2, 0) is 119 Å². The smallest absolute Gasteiger partial charge is 0.161 e. The molecule has 0 bridgehead atoms. The van der Waals surface area contributed by atoms with Crippen molar-refractivity contribution >= 4 is 97.0 Å². The van der Waals surface area contributed by atoms with Gasteiger partial charge < -0.3 is 0 Å². The van der Waals surface area contributed by atoms with Crippen LogP contribution >= 0.6 is 0 Å². The molecule has 15 aromatic carbocycles. The average Bonchev–Trinajstić information content (AvgIpc) is 0.751. The van der Waals surface area contributed by atoms with E-state index in [-0.39, 0.29) is 98.1 Å². The number of aromatic nitrogens is 3. The van der Waals surface area contributed by atoms with Crippen LogP contribution < -0.4 is 13.7 Å². The fraction of sp³-hybridized carbons (Fsp3) is 0.216. The Morgan fingerprint density at radius 2 is 0.479 bits per heavy atom. The first kappa shape index (κ1) is 101. The summed E-state index contributed by atoms with van der Waals surface area (Å²) in [5.41, 5.74) is 16.9. The van der Waals surface area contributed by atoms with Crippen LogP contribution in [0.1, 0.15) is 141 Å². The van der Waals surface area contributed by atoms with E-state index in [1.807, 2.05) is 125 Å². The van der Waals surface area contributed by atoms with Gasteiger partial charge in [-0.15, -0.1) is 63.9 Å². The van der Waals surface area contributed by atoms with Crippen molar-refractivity contribution in [1.29, 1.82) is 0 Å². The summed E-state index contributed by atoms with van der Waals surface area (Å²) in [7, 11) is 6.24. The van der Waals surface area contributed by atoms with Gasteiger partial charge in [-0.25, -0.2) is 24.8 Å². The number of benzene rings is 15. The van der Waals surface area contributed by atoms with Crippen LogP contribution in [0.4, 0.5) is 0 Å². The summed E-state index contributed by atoms with van der Waals surface area (Å²) in [4.78, 5) is 0. The molecule has 0 saturated carbocycles. The Kier molecular flexibility index (Phi) is 44.5. The minimum atomic E-state index is 0. The van der Waals surface area contributed by atoms with Crippen molar-refractivity contribution in [2.45, 2.75) is 145 Å². The molecule has 591 valence electrons. The van der Waals surface area contributed by atoms with Crippen molar-refractivity contribution in [3.8, 4) is 67.2 Å². The second-order valence-electron chi connectivity index (χ2n) is 25.1. The minimum absolute atomic E-state index is 0. The molecular formula is C111H120N3Y3-3. The molecule has 0 aliphatic carbocycles. The Morgan fingerprint density at radius 1 is 0.214 bits per heavy atom. The first-order chi connectivity index (χ1) is 56.1. The number of hydrogen-bond donors (Lipinski definition) is 0. The van der Waals surface area contributed by atoms with Crippen LogP contribution in [0.3, 0.4) is 0 Å². The summed E-state index contributed by atoms with van der Waals surface area (Å²) >= 11 is 0. The van der Waals surface area contributed by atoms with Crippen molar-refractivity contribution in [3.05, 3.63) is 345 Å². The summed E-state index contributed by atoms with van der Waals surface area (Å²) in [6, 6.07) is 119. The van der Waals surface area contributed by atoms with Gasteiger partial charge in [0.25, 0.3) is 0 Å². The SMILES string of the molecule is CC.CC.CC.CC.CC.CC.CC.CC.CC.Cc1ccc(-c2[c-]c3c4ccccc4c4ccccc4c3cc2)[c-]c1-c1cccc[n+]1C.Cc1ccc(-c2[c-]cc3c4ccccc4c4ccccc4c3c2)[c-]c1-c1cccc[n+]1C.Cc1ccc(-c2[c-]ccc3c4ccccc4c4ccccc4c23)[c-]c1-c1cccc[n+]1C.[Y].[Y].[Y]. The summed E-state index contributed by atoms with van der Waals surface area (Å²) in [5.74, 6) is 0. The largest absolute Gasteiger partial charge is 0.234 e. The number of nitrogens with zero attached hydrogens (tertiary/aromatic N) is 3. The molecule has 18 rings (SSSR count). The summed E-state index contributed by atoms with van der Waals surface area (Å²) < 4.78 is 6.44. The summed E-state index contributed by atoms with van der Waals surface area (Å²) in [5, 5.41) is 22.7. The molecular weight excluding hydrogens is 1640 g/mol. The van der Waals surface area contributed by atoms with Crippen molar-refractivity contribution in [2.75, 3.05) is 0 Å². The zero-order chi connectivity index (χ0) is 83.0. The third-order valence-corrected chi connectivity index (χ3v) is 19.3. The molecule has 6 heteroatoms. The van der Waals surface area contributed by atoms with E-state index in [1.54, 1.807) is 0 Å². The molecule has 3 nitrogen and oxygen atoms in total. The van der Waals surface area contributed by atoms with Crippen LogP contribution in [0, 0.1) is 57.2 Å². The molecule has 0 unspecified atom stereocenters. The molecule has 0 spiro atoms. The minimum Gasteiger partial charge on any atom is -0.234 e. The third-order valence-electron chi connectivity index (χ3n) is 19.3. The van der Waals surface area contributed by atoms with E-state index in [0.29, 0.717) is 0 Å². The second kappa shape index (κ2) is 51.7. The van der Waals surface area contributed by atoms with Crippen LogP contribution in [0.2, 0.25) is 0 Å². The first-order valence-corrected chi connectivity index (χ1v) is 41.8. The normalized spacial score (nSPS) is 9.85. The Labute approximate surface area is 778 Å². The molecule has 3 aromatic heterocycles. The molecule has 0 aliphatic heterocycles. The van der Waals surface area contributed by atoms with Crippen molar-refractivity contribution < 1.29 is 112 Å². The molecule has 0 saturated heterocycles. The molecule has 117 heavy (non-hydrogen) atoms. The quantitative estimate of drug-likeness (QED) is 0.0893. The standard InChI is InChI=1S/3C31H22N.9C2H6.3Y/c1-21-17-18-22(20-29(21)30-16-7-8-19-32(30)2)23-14-9-15-28-26-11-4-3-10-24(26)25-12-5-6-13-27(25)31(23)28;2*1-21-14-15-22(19-29(21)31-13-7-8-18-32(31)2)23-16-17-28-26-11-4-3-9-24(26)25-10-5-6-12-27(25)30(28)20-23;9*1-2;;;/h3-13,15-19H,1-2H3;3-15,17-18,20H,1-2H3;3-18H,1-2H3;9*1-2H3;;;/q3*-1;;;;;;;;;;;;. The van der Waals surface area contributed by atoms with Gasteiger partial charge >= 0.3 is 0 Å². The van der Waals surface area contributed by atoms with E-state index >= 15 is 0 Å². The second-order valence-corrected chi connectivity index (χ2v) is 25.1. The van der Waals surface area contributed by atoms with Crippen LogP contribution in [0.15, 0.2) is 292 Å². The zero-order valence-electron chi connectivity index (χ0n) is 74.3. The predicted molar refractivity (Wildman–Crippen MR) is 502 cm³/mol. The van der Waals surface area contributed by atoms with Crippen LogP contribution in [0.25, 0.3) is 164 Å². The number of rotatable bonds is 6. The van der Waals surface area contributed by atoms with Gasteiger partial charge in [0.2, 0.25) is 0 Å². The third kappa shape index (κ3) is 22.7. The van der Waals surface area contributed by atoms with E-state index in [2.05, 4.69) is 384 Å². The predicted octanol–water partition coefficient (Wildman–Crippen LogP) is 30.9. The van der Waals surface area contributed by atoms with Gasteiger partial charge in [0.05, 0.1) is 0 Å². The topological polar surface area (TPSA) is 11.6 Å². The van der Waals surface area contributed by atoms with Gasteiger partial charge in [-0.3, -0.25) is 0 Å². The summed E-state index contributed by atoms with van der Waals surface area (Å²) in [6.45, 7) is 42.4. The van der Waals surface area contributed by atoms with Crippen LogP contribution in [-0.4, -0.2) is 0 Å². The van der Waals surface area contributed by atoms with E-state index in [1.165, 1.54) is 108 Å². The Bertz CT molecular complexity index is 5690. The van der Waals surface area contributed by atoms with Crippen LogP contribution in [0.5, 0.6) is 0 Å². The number of aryl methyl sites for hydroxylation is 6. The van der Waals surface area contributed by atoms with E-state index in [0.717, 1.165) is 72.5 Å². The molecule has 0 aliphatic rings. The fourth-order valence-corrected chi connectivity index (χ4v) is 14.4. The van der Waals surface area contributed by atoms with Gasteiger partial charge in [-0.05, 0) is 66.7 Å². The van der Waals surface area contributed by atoms with E-state index in [4.69, 9.17) is 0 Å². The molecule has 0 amide bonds. The molecule has 3 heterocycles. The van der Waals surface area contributed by atoms with Crippen molar-refractivity contribution in [1.82, 2.24) is 0 Å². The van der Waals surface area contributed by atoms with Gasteiger partial charge in [-0.1, -0.05) is 364 Å². The Morgan fingerprint density at radius 3 is 0.855 bits per heavy atom. The zero-order valence-corrected chi connectivity index (χ0v) is 82.8. The fourth-order valence-electron chi connectivity index (χ4n) is 14.4. The van der Waals surface area contributed by atoms with Crippen molar-refractivity contribution in [3.63, 3.8) is 0 Å². The van der Waals surface area contributed by atoms with E-state index < -0.39 is 0 Å². The molecule has 0 fully saturated rings. The molecule has 0 N–H and O–H groups in total. The molecule has 18 aromatic rings. The monoisotopic (exact) mass is 1760 g/mol. The van der Waals surface area contributed by atoms with Gasteiger partial charge in [0.1, 0.15) is 38.2 Å².